The smallest absolute Gasteiger partial charge is 0.119 e. The molecule has 1 heterocycles. The van der Waals surface area contributed by atoms with Crippen molar-refractivity contribution in [1.82, 2.24) is 4.57 Å². The van der Waals surface area contributed by atoms with Gasteiger partial charge in [-0.25, -0.2) is 0 Å². The van der Waals surface area contributed by atoms with Gasteiger partial charge in [-0.1, -0.05) is 26.0 Å². The van der Waals surface area contributed by atoms with Crippen LogP contribution >= 0.6 is 0 Å². The number of hydrogen-bond acceptors (Lipinski definition) is 3. The Hall–Kier alpha value is -1.82. The number of aliphatic hydroxyl groups excluding tert-OH is 1. The SMILES string of the molecule is COCCC[NH+](Cc1cccn1Cc1cccc(OC)c1)C[C@@H](O)C(C)C. The Labute approximate surface area is 163 Å². The third-order valence-corrected chi connectivity index (χ3v) is 4.99. The van der Waals surface area contributed by atoms with Crippen molar-refractivity contribution >= 4 is 0 Å². The van der Waals surface area contributed by atoms with Crippen molar-refractivity contribution in [3.05, 3.63) is 53.9 Å². The third-order valence-electron chi connectivity index (χ3n) is 4.99. The summed E-state index contributed by atoms with van der Waals surface area (Å²) in [5.74, 6) is 1.15. The van der Waals surface area contributed by atoms with Gasteiger partial charge in [0.1, 0.15) is 24.9 Å². The number of hydrogen-bond donors (Lipinski definition) is 2. The molecule has 0 aliphatic carbocycles. The molecule has 2 rings (SSSR count). The van der Waals surface area contributed by atoms with E-state index in [2.05, 4.69) is 48.9 Å². The van der Waals surface area contributed by atoms with Crippen molar-refractivity contribution in [2.75, 3.05) is 33.9 Å². The van der Waals surface area contributed by atoms with Crippen LogP contribution in [-0.2, 0) is 17.8 Å². The quantitative estimate of drug-likeness (QED) is 0.558. The minimum Gasteiger partial charge on any atom is -0.497 e. The molecule has 0 saturated heterocycles. The van der Waals surface area contributed by atoms with Crippen LogP contribution in [0, 0.1) is 5.92 Å². The predicted molar refractivity (Wildman–Crippen MR) is 108 cm³/mol. The molecule has 5 nitrogen and oxygen atoms in total. The summed E-state index contributed by atoms with van der Waals surface area (Å²) in [4.78, 5) is 1.39. The van der Waals surface area contributed by atoms with E-state index in [0.29, 0.717) is 0 Å². The van der Waals surface area contributed by atoms with Crippen LogP contribution in [0.4, 0.5) is 0 Å². The highest BCUT2D eigenvalue weighted by molar-refractivity contribution is 5.29. The minimum atomic E-state index is -0.288. The number of benzene rings is 1. The molecule has 0 fully saturated rings. The molecule has 0 aliphatic rings. The lowest BCUT2D eigenvalue weighted by Crippen LogP contribution is -3.12. The second-order valence-corrected chi connectivity index (χ2v) is 7.52. The van der Waals surface area contributed by atoms with Crippen molar-refractivity contribution in [2.24, 2.45) is 5.92 Å². The number of nitrogens with one attached hydrogen (secondary N) is 1. The summed E-state index contributed by atoms with van der Waals surface area (Å²) in [5, 5.41) is 10.4. The third kappa shape index (κ3) is 7.01. The molecule has 2 aromatic rings. The minimum absolute atomic E-state index is 0.269. The second kappa shape index (κ2) is 11.1. The van der Waals surface area contributed by atoms with E-state index in [4.69, 9.17) is 9.47 Å². The largest absolute Gasteiger partial charge is 0.497 e. The van der Waals surface area contributed by atoms with Gasteiger partial charge in [0.05, 0.1) is 26.0 Å². The molecule has 0 radical (unpaired) electrons. The maximum absolute atomic E-state index is 10.4. The van der Waals surface area contributed by atoms with Crippen LogP contribution in [0.1, 0.15) is 31.5 Å². The summed E-state index contributed by atoms with van der Waals surface area (Å²) in [6.07, 6.45) is 2.83. The van der Waals surface area contributed by atoms with Crippen LogP contribution in [0.25, 0.3) is 0 Å². The van der Waals surface area contributed by atoms with Crippen molar-refractivity contribution in [3.8, 4) is 5.75 Å². The Morgan fingerprint density at radius 2 is 1.96 bits per heavy atom. The lowest BCUT2D eigenvalue weighted by atomic mass is 10.1. The Balaban J connectivity index is 2.07. The lowest BCUT2D eigenvalue weighted by Gasteiger charge is -2.24. The van der Waals surface area contributed by atoms with Crippen LogP contribution < -0.4 is 9.64 Å². The molecule has 0 amide bonds. The summed E-state index contributed by atoms with van der Waals surface area (Å²) >= 11 is 0. The van der Waals surface area contributed by atoms with E-state index in [1.54, 1.807) is 14.2 Å². The van der Waals surface area contributed by atoms with E-state index in [1.807, 2.05) is 12.1 Å². The number of aromatic nitrogens is 1. The zero-order valence-electron chi connectivity index (χ0n) is 17.1. The Morgan fingerprint density at radius 3 is 2.67 bits per heavy atom. The van der Waals surface area contributed by atoms with Gasteiger partial charge in [0.2, 0.25) is 0 Å². The number of quaternary nitrogens is 1. The number of aliphatic hydroxyl groups is 1. The van der Waals surface area contributed by atoms with Gasteiger partial charge in [0.25, 0.3) is 0 Å². The summed E-state index contributed by atoms with van der Waals surface area (Å²) in [6, 6.07) is 12.5. The molecule has 1 aromatic carbocycles. The molecule has 27 heavy (non-hydrogen) atoms. The van der Waals surface area contributed by atoms with Gasteiger partial charge in [-0.3, -0.25) is 0 Å². The highest BCUT2D eigenvalue weighted by Crippen LogP contribution is 2.14. The van der Waals surface area contributed by atoms with Crippen LogP contribution in [0.2, 0.25) is 0 Å². The van der Waals surface area contributed by atoms with Gasteiger partial charge in [-0.2, -0.15) is 0 Å². The predicted octanol–water partition coefficient (Wildman–Crippen LogP) is 1.98. The Kier molecular flexibility index (Phi) is 8.85. The highest BCUT2D eigenvalue weighted by Gasteiger charge is 2.19. The molecule has 0 spiro atoms. The summed E-state index contributed by atoms with van der Waals surface area (Å²) < 4.78 is 12.8. The molecule has 0 saturated carbocycles. The average molecular weight is 376 g/mol. The van der Waals surface area contributed by atoms with Gasteiger partial charge in [-0.15, -0.1) is 0 Å². The molecule has 5 heteroatoms. The monoisotopic (exact) mass is 375 g/mol. The van der Waals surface area contributed by atoms with E-state index in [1.165, 1.54) is 16.2 Å². The van der Waals surface area contributed by atoms with Crippen molar-refractivity contribution < 1.29 is 19.5 Å². The standard InChI is InChI=1S/C22H34N2O3/c1-18(2)22(25)17-23(11-7-13-26-3)16-20-9-6-12-24(20)15-19-8-5-10-21(14-19)27-4/h5-6,8-10,12,14,18,22,25H,7,11,13,15-17H2,1-4H3/p+1/t22-/m1/s1. The summed E-state index contributed by atoms with van der Waals surface area (Å²) in [6.45, 7) is 8.35. The summed E-state index contributed by atoms with van der Waals surface area (Å²) in [7, 11) is 3.43. The average Bonchev–Trinajstić information content (AvgIpc) is 3.08. The molecular formula is C22H35N2O3+. The van der Waals surface area contributed by atoms with E-state index < -0.39 is 0 Å². The van der Waals surface area contributed by atoms with Crippen LogP contribution in [-0.4, -0.2) is 49.7 Å². The normalized spacial score (nSPS) is 13.7. The topological polar surface area (TPSA) is 48.1 Å². The van der Waals surface area contributed by atoms with E-state index >= 15 is 0 Å². The maximum Gasteiger partial charge on any atom is 0.119 e. The van der Waals surface area contributed by atoms with Gasteiger partial charge in [-0.05, 0) is 35.7 Å². The molecule has 150 valence electrons. The van der Waals surface area contributed by atoms with Crippen LogP contribution in [0.3, 0.4) is 0 Å². The number of nitrogens with zero attached hydrogens (tertiary/aromatic N) is 1. The second-order valence-electron chi connectivity index (χ2n) is 7.52. The Bertz CT molecular complexity index is 669. The zero-order chi connectivity index (χ0) is 19.6. The zero-order valence-corrected chi connectivity index (χ0v) is 17.1. The van der Waals surface area contributed by atoms with Gasteiger partial charge < -0.3 is 24.0 Å². The van der Waals surface area contributed by atoms with Gasteiger partial charge >= 0.3 is 0 Å². The summed E-state index contributed by atoms with van der Waals surface area (Å²) in [5.41, 5.74) is 2.50. The van der Waals surface area contributed by atoms with Gasteiger partial charge in [0, 0.05) is 26.3 Å². The first-order valence-corrected chi connectivity index (χ1v) is 9.81. The fraction of sp³-hybridized carbons (Fsp3) is 0.545. The molecule has 2 N–H and O–H groups in total. The fourth-order valence-corrected chi connectivity index (χ4v) is 3.25. The highest BCUT2D eigenvalue weighted by atomic mass is 16.5. The van der Waals surface area contributed by atoms with Crippen molar-refractivity contribution in [1.29, 1.82) is 0 Å². The molecule has 2 atom stereocenters. The van der Waals surface area contributed by atoms with Gasteiger partial charge in [0.15, 0.2) is 0 Å². The first kappa shape index (κ1) is 21.5. The molecule has 1 aromatic heterocycles. The van der Waals surface area contributed by atoms with Crippen molar-refractivity contribution in [2.45, 2.75) is 39.5 Å². The lowest BCUT2D eigenvalue weighted by molar-refractivity contribution is -0.918. The Morgan fingerprint density at radius 1 is 1.15 bits per heavy atom. The molecule has 0 aliphatic heterocycles. The molecule has 0 bridgehead atoms. The maximum atomic E-state index is 10.4. The number of rotatable bonds is 12. The van der Waals surface area contributed by atoms with Crippen molar-refractivity contribution in [3.63, 3.8) is 0 Å². The van der Waals surface area contributed by atoms with E-state index in [-0.39, 0.29) is 12.0 Å². The van der Waals surface area contributed by atoms with Crippen LogP contribution in [0.15, 0.2) is 42.6 Å². The van der Waals surface area contributed by atoms with E-state index in [0.717, 1.165) is 45.0 Å². The van der Waals surface area contributed by atoms with Crippen LogP contribution in [0.5, 0.6) is 5.75 Å². The van der Waals surface area contributed by atoms with E-state index in [9.17, 15) is 5.11 Å². The first-order valence-electron chi connectivity index (χ1n) is 9.81. The molecular weight excluding hydrogens is 340 g/mol. The number of ether oxygens (including phenoxy) is 2. The number of methoxy groups -OCH3 is 2. The first-order chi connectivity index (χ1) is 13.0. The molecule has 1 unspecified atom stereocenters. The fourth-order valence-electron chi connectivity index (χ4n) is 3.25.